The predicted molar refractivity (Wildman–Crippen MR) is 72.7 cm³/mol. The van der Waals surface area contributed by atoms with Gasteiger partial charge < -0.3 is 15.3 Å². The highest BCUT2D eigenvalue weighted by molar-refractivity contribution is 5.87. The summed E-state index contributed by atoms with van der Waals surface area (Å²) >= 11 is 0. The minimum Gasteiger partial charge on any atom is -0.479 e. The fraction of sp³-hybridized carbons (Fsp3) is 0.714. The number of amides is 2. The fourth-order valence-corrected chi connectivity index (χ4v) is 2.63. The summed E-state index contributed by atoms with van der Waals surface area (Å²) in [7, 11) is 0. The molecule has 19 heavy (non-hydrogen) atoms. The quantitative estimate of drug-likeness (QED) is 0.589. The average molecular weight is 266 g/mol. The largest absolute Gasteiger partial charge is 0.479 e. The number of nitrogens with zero attached hydrogens (tertiary/aromatic N) is 1. The van der Waals surface area contributed by atoms with Crippen LogP contribution >= 0.6 is 0 Å². The maximum absolute atomic E-state index is 12.1. The van der Waals surface area contributed by atoms with Crippen molar-refractivity contribution in [2.45, 2.75) is 51.5 Å². The van der Waals surface area contributed by atoms with Crippen molar-refractivity contribution in [1.29, 1.82) is 0 Å². The molecule has 1 aliphatic heterocycles. The third-order valence-electron chi connectivity index (χ3n) is 3.50. The molecule has 0 aromatic heterocycles. The Morgan fingerprint density at radius 3 is 2.79 bits per heavy atom. The summed E-state index contributed by atoms with van der Waals surface area (Å²) in [6.45, 7) is 4.66. The number of carbonyl (C=O) groups excluding carboxylic acids is 1. The molecule has 106 valence electrons. The number of carboxylic acids is 1. The molecule has 0 spiro atoms. The second kappa shape index (κ2) is 7.03. The number of likely N-dealkylation sites (tertiary alicyclic amines) is 1. The van der Waals surface area contributed by atoms with Crippen LogP contribution in [-0.4, -0.2) is 40.6 Å². The van der Waals surface area contributed by atoms with E-state index in [9.17, 15) is 14.7 Å². The number of aliphatic carboxylic acids is 1. The van der Waals surface area contributed by atoms with E-state index in [0.29, 0.717) is 32.4 Å². The lowest BCUT2D eigenvalue weighted by atomic mass is 9.91. The summed E-state index contributed by atoms with van der Waals surface area (Å²) in [6.07, 6.45) is 3.12. The van der Waals surface area contributed by atoms with Crippen LogP contribution in [0.4, 0.5) is 4.79 Å². The molecule has 1 fully saturated rings. The van der Waals surface area contributed by atoms with Gasteiger partial charge in [-0.25, -0.2) is 9.59 Å². The van der Waals surface area contributed by atoms with Gasteiger partial charge in [-0.3, -0.25) is 0 Å². The summed E-state index contributed by atoms with van der Waals surface area (Å²) in [5, 5.41) is 12.2. The summed E-state index contributed by atoms with van der Waals surface area (Å²) in [6, 6.07) is -0.286. The van der Waals surface area contributed by atoms with Crippen LogP contribution in [0.3, 0.4) is 0 Å². The first-order valence-electron chi connectivity index (χ1n) is 6.77. The Morgan fingerprint density at radius 1 is 1.47 bits per heavy atom. The van der Waals surface area contributed by atoms with Crippen LogP contribution in [0.25, 0.3) is 0 Å². The SMILES string of the molecule is CC#CCCNC(=O)N1CCCC1(CCC)C(=O)O. The van der Waals surface area contributed by atoms with Crippen LogP contribution in [0.1, 0.15) is 46.0 Å². The molecule has 1 saturated heterocycles. The number of carboxylic acid groups (broad SMARTS) is 1. The molecular weight excluding hydrogens is 244 g/mol. The Kier molecular flexibility index (Phi) is 5.68. The number of carbonyl (C=O) groups is 2. The van der Waals surface area contributed by atoms with Crippen LogP contribution in [-0.2, 0) is 4.79 Å². The van der Waals surface area contributed by atoms with E-state index in [1.54, 1.807) is 6.92 Å². The Labute approximate surface area is 114 Å². The van der Waals surface area contributed by atoms with Gasteiger partial charge in [-0.05, 0) is 26.2 Å². The topological polar surface area (TPSA) is 69.6 Å². The van der Waals surface area contributed by atoms with E-state index < -0.39 is 11.5 Å². The van der Waals surface area contributed by atoms with Gasteiger partial charge in [0.2, 0.25) is 0 Å². The first-order chi connectivity index (χ1) is 9.08. The van der Waals surface area contributed by atoms with Crippen LogP contribution < -0.4 is 5.32 Å². The van der Waals surface area contributed by atoms with Crippen molar-refractivity contribution in [1.82, 2.24) is 10.2 Å². The van der Waals surface area contributed by atoms with Gasteiger partial charge in [0.1, 0.15) is 5.54 Å². The lowest BCUT2D eigenvalue weighted by Crippen LogP contribution is -2.56. The number of nitrogens with one attached hydrogen (secondary N) is 1. The Hall–Kier alpha value is -1.70. The maximum Gasteiger partial charge on any atom is 0.329 e. The van der Waals surface area contributed by atoms with Crippen molar-refractivity contribution in [2.24, 2.45) is 0 Å². The highest BCUT2D eigenvalue weighted by atomic mass is 16.4. The molecule has 1 unspecified atom stereocenters. The van der Waals surface area contributed by atoms with Gasteiger partial charge in [0.05, 0.1) is 0 Å². The Balaban J connectivity index is 2.69. The van der Waals surface area contributed by atoms with Crippen molar-refractivity contribution >= 4 is 12.0 Å². The highest BCUT2D eigenvalue weighted by Gasteiger charge is 2.49. The minimum atomic E-state index is -1.02. The molecule has 2 amide bonds. The smallest absolute Gasteiger partial charge is 0.329 e. The van der Waals surface area contributed by atoms with Crippen LogP contribution in [0.2, 0.25) is 0 Å². The molecule has 0 aromatic carbocycles. The zero-order valence-corrected chi connectivity index (χ0v) is 11.7. The van der Waals surface area contributed by atoms with Gasteiger partial charge in [-0.2, -0.15) is 0 Å². The van der Waals surface area contributed by atoms with Gasteiger partial charge in [-0.1, -0.05) is 13.3 Å². The van der Waals surface area contributed by atoms with Crippen molar-refractivity contribution < 1.29 is 14.7 Å². The molecule has 2 N–H and O–H groups in total. The second-order valence-corrected chi connectivity index (χ2v) is 4.75. The second-order valence-electron chi connectivity index (χ2n) is 4.75. The molecule has 0 aliphatic carbocycles. The van der Waals surface area contributed by atoms with Crippen LogP contribution in [0, 0.1) is 11.8 Å². The molecule has 1 rings (SSSR count). The van der Waals surface area contributed by atoms with Crippen LogP contribution in [0.15, 0.2) is 0 Å². The van der Waals surface area contributed by atoms with E-state index in [1.165, 1.54) is 4.90 Å². The summed E-state index contributed by atoms with van der Waals surface area (Å²) in [5.74, 6) is 4.73. The molecule has 5 nitrogen and oxygen atoms in total. The lowest BCUT2D eigenvalue weighted by Gasteiger charge is -2.34. The molecular formula is C14H22N2O3. The van der Waals surface area contributed by atoms with Crippen molar-refractivity contribution in [2.75, 3.05) is 13.1 Å². The molecule has 0 saturated carbocycles. The zero-order valence-electron chi connectivity index (χ0n) is 11.7. The van der Waals surface area contributed by atoms with E-state index in [2.05, 4.69) is 17.2 Å². The molecule has 0 radical (unpaired) electrons. The van der Waals surface area contributed by atoms with Crippen LogP contribution in [0.5, 0.6) is 0 Å². The van der Waals surface area contributed by atoms with E-state index in [0.717, 1.165) is 12.8 Å². The molecule has 1 atom stereocenters. The van der Waals surface area contributed by atoms with Crippen molar-refractivity contribution in [3.05, 3.63) is 0 Å². The van der Waals surface area contributed by atoms with Crippen molar-refractivity contribution in [3.63, 3.8) is 0 Å². The zero-order chi connectivity index (χ0) is 14.3. The molecule has 1 heterocycles. The van der Waals surface area contributed by atoms with Gasteiger partial charge in [0, 0.05) is 19.5 Å². The van der Waals surface area contributed by atoms with E-state index in [-0.39, 0.29) is 6.03 Å². The van der Waals surface area contributed by atoms with E-state index >= 15 is 0 Å². The Bertz CT molecular complexity index is 397. The third-order valence-corrected chi connectivity index (χ3v) is 3.50. The standard InChI is InChI=1S/C14H22N2O3/c1-3-5-6-10-15-13(19)16-11-7-9-14(16,8-4-2)12(17)18/h4,6-11H2,1-2H3,(H,15,19)(H,17,18). The number of hydrogen-bond donors (Lipinski definition) is 2. The molecule has 5 heteroatoms. The molecule has 0 aromatic rings. The molecule has 0 bridgehead atoms. The van der Waals surface area contributed by atoms with Gasteiger partial charge >= 0.3 is 12.0 Å². The number of rotatable bonds is 5. The van der Waals surface area contributed by atoms with Gasteiger partial charge in [0.15, 0.2) is 0 Å². The number of hydrogen-bond acceptors (Lipinski definition) is 2. The fourth-order valence-electron chi connectivity index (χ4n) is 2.63. The highest BCUT2D eigenvalue weighted by Crippen LogP contribution is 2.33. The van der Waals surface area contributed by atoms with Gasteiger partial charge in [0.25, 0.3) is 0 Å². The summed E-state index contributed by atoms with van der Waals surface area (Å²) < 4.78 is 0. The van der Waals surface area contributed by atoms with E-state index in [1.807, 2.05) is 6.92 Å². The first-order valence-corrected chi connectivity index (χ1v) is 6.77. The normalized spacial score (nSPS) is 21.7. The van der Waals surface area contributed by atoms with E-state index in [4.69, 9.17) is 0 Å². The summed E-state index contributed by atoms with van der Waals surface area (Å²) in [4.78, 5) is 25.2. The lowest BCUT2D eigenvalue weighted by molar-refractivity contribution is -0.148. The minimum absolute atomic E-state index is 0.286. The predicted octanol–water partition coefficient (Wildman–Crippen LogP) is 1.83. The summed E-state index contributed by atoms with van der Waals surface area (Å²) in [5.41, 5.74) is -1.02. The monoisotopic (exact) mass is 266 g/mol. The third kappa shape index (κ3) is 3.40. The maximum atomic E-state index is 12.1. The Morgan fingerprint density at radius 2 is 2.21 bits per heavy atom. The average Bonchev–Trinajstić information content (AvgIpc) is 2.80. The molecule has 1 aliphatic rings. The number of urea groups is 1. The van der Waals surface area contributed by atoms with Gasteiger partial charge in [-0.15, -0.1) is 11.8 Å². The first kappa shape index (κ1) is 15.4. The van der Waals surface area contributed by atoms with Crippen molar-refractivity contribution in [3.8, 4) is 11.8 Å².